The van der Waals surface area contributed by atoms with Gasteiger partial charge in [0.25, 0.3) is 5.91 Å². The molecular formula is C12H19N3OS. The van der Waals surface area contributed by atoms with Crippen LogP contribution in [0, 0.1) is 5.92 Å². The molecule has 0 aromatic heterocycles. The van der Waals surface area contributed by atoms with Gasteiger partial charge in [0.15, 0.2) is 0 Å². The Hall–Kier alpha value is -1.04. The zero-order valence-corrected chi connectivity index (χ0v) is 10.7. The number of hydrazine groups is 1. The van der Waals surface area contributed by atoms with Gasteiger partial charge in [0.2, 0.25) is 0 Å². The highest BCUT2D eigenvalue weighted by Crippen LogP contribution is 2.30. The van der Waals surface area contributed by atoms with Crippen LogP contribution in [0.3, 0.4) is 0 Å². The Labute approximate surface area is 106 Å². The van der Waals surface area contributed by atoms with Gasteiger partial charge in [-0.3, -0.25) is 10.2 Å². The van der Waals surface area contributed by atoms with Crippen molar-refractivity contribution in [3.8, 4) is 0 Å². The lowest BCUT2D eigenvalue weighted by Crippen LogP contribution is -2.34. The van der Waals surface area contributed by atoms with Gasteiger partial charge in [-0.15, -0.1) is 11.8 Å². The van der Waals surface area contributed by atoms with E-state index in [1.807, 2.05) is 30.3 Å². The van der Waals surface area contributed by atoms with E-state index in [9.17, 15) is 4.79 Å². The van der Waals surface area contributed by atoms with Crippen LogP contribution in [0.1, 0.15) is 17.7 Å². The highest BCUT2D eigenvalue weighted by Gasteiger charge is 2.20. The maximum Gasteiger partial charge on any atom is 0.251 e. The molecule has 0 saturated carbocycles. The quantitative estimate of drug-likeness (QED) is 0.402. The third kappa shape index (κ3) is 4.38. The Morgan fingerprint density at radius 2 is 2.06 bits per heavy atom. The molecule has 0 saturated heterocycles. The summed E-state index contributed by atoms with van der Waals surface area (Å²) in [5.41, 5.74) is 8.74. The summed E-state index contributed by atoms with van der Waals surface area (Å²) in [4.78, 5) is 11.7. The summed E-state index contributed by atoms with van der Waals surface area (Å²) < 4.78 is 0. The Balaban J connectivity index is 2.71. The molecule has 0 radical (unpaired) electrons. The van der Waals surface area contributed by atoms with Crippen molar-refractivity contribution in [3.05, 3.63) is 35.9 Å². The van der Waals surface area contributed by atoms with Gasteiger partial charge in [0.05, 0.1) is 0 Å². The molecule has 1 rings (SSSR count). The molecule has 0 bridgehead atoms. The largest absolute Gasteiger partial charge is 0.330 e. The first-order valence-corrected chi connectivity index (χ1v) is 6.61. The third-order valence-electron chi connectivity index (χ3n) is 2.43. The van der Waals surface area contributed by atoms with Gasteiger partial charge in [-0.25, -0.2) is 5.84 Å². The van der Waals surface area contributed by atoms with Crippen molar-refractivity contribution in [2.75, 3.05) is 12.3 Å². The number of benzene rings is 1. The highest BCUT2D eigenvalue weighted by atomic mass is 32.2. The molecule has 5 N–H and O–H groups in total. The molecule has 0 aliphatic heterocycles. The van der Waals surface area contributed by atoms with Crippen LogP contribution >= 0.6 is 11.8 Å². The number of amides is 1. The number of hydrogen-bond acceptors (Lipinski definition) is 4. The van der Waals surface area contributed by atoms with Crippen LogP contribution < -0.4 is 17.0 Å². The number of nitrogens with two attached hydrogens (primary N) is 2. The van der Waals surface area contributed by atoms with E-state index in [4.69, 9.17) is 11.6 Å². The predicted molar refractivity (Wildman–Crippen MR) is 72.2 cm³/mol. The fraction of sp³-hybridized carbons (Fsp3) is 0.417. The number of nitrogens with one attached hydrogen (secondary N) is 1. The highest BCUT2D eigenvalue weighted by molar-refractivity contribution is 8.00. The molecule has 4 nitrogen and oxygen atoms in total. The Bertz CT molecular complexity index is 345. The lowest BCUT2D eigenvalue weighted by Gasteiger charge is -2.17. The smallest absolute Gasteiger partial charge is 0.251 e. The molecule has 2 atom stereocenters. The molecule has 17 heavy (non-hydrogen) atoms. The summed E-state index contributed by atoms with van der Waals surface area (Å²) in [5, 5.41) is -0.268. The van der Waals surface area contributed by atoms with Crippen LogP contribution in [-0.2, 0) is 4.79 Å². The molecular weight excluding hydrogens is 234 g/mol. The zero-order chi connectivity index (χ0) is 12.7. The van der Waals surface area contributed by atoms with Crippen molar-refractivity contribution in [2.45, 2.75) is 12.2 Å². The Kier molecular flexibility index (Phi) is 6.04. The second-order valence-corrected chi connectivity index (χ2v) is 5.11. The van der Waals surface area contributed by atoms with Gasteiger partial charge in [-0.2, -0.15) is 0 Å². The minimum absolute atomic E-state index is 0.176. The summed E-state index contributed by atoms with van der Waals surface area (Å²) in [6.07, 6.45) is 0. The lowest BCUT2D eigenvalue weighted by atomic mass is 10.1. The van der Waals surface area contributed by atoms with Gasteiger partial charge in [0, 0.05) is 0 Å². The van der Waals surface area contributed by atoms with E-state index in [0.717, 1.165) is 11.3 Å². The average molecular weight is 253 g/mol. The van der Waals surface area contributed by atoms with Crippen molar-refractivity contribution in [1.82, 2.24) is 5.43 Å². The van der Waals surface area contributed by atoms with E-state index in [1.165, 1.54) is 0 Å². The summed E-state index contributed by atoms with van der Waals surface area (Å²) in [6, 6.07) is 9.62. The van der Waals surface area contributed by atoms with Gasteiger partial charge < -0.3 is 5.73 Å². The van der Waals surface area contributed by atoms with Crippen LogP contribution in [0.25, 0.3) is 0 Å². The van der Waals surface area contributed by atoms with E-state index in [-0.39, 0.29) is 11.2 Å². The molecule has 1 amide bonds. The number of rotatable bonds is 6. The van der Waals surface area contributed by atoms with Gasteiger partial charge in [-0.05, 0) is 23.8 Å². The molecule has 5 heteroatoms. The van der Waals surface area contributed by atoms with Crippen LogP contribution in [0.4, 0.5) is 0 Å². The fourth-order valence-corrected chi connectivity index (χ4v) is 2.58. The first-order chi connectivity index (χ1) is 8.19. The van der Waals surface area contributed by atoms with Gasteiger partial charge >= 0.3 is 0 Å². The summed E-state index contributed by atoms with van der Waals surface area (Å²) in [5.74, 6) is 6.26. The molecule has 0 heterocycles. The van der Waals surface area contributed by atoms with E-state index in [1.54, 1.807) is 11.8 Å². The Morgan fingerprint density at radius 1 is 1.41 bits per heavy atom. The lowest BCUT2D eigenvalue weighted by molar-refractivity contribution is -0.120. The van der Waals surface area contributed by atoms with Crippen LogP contribution in [0.5, 0.6) is 0 Å². The van der Waals surface area contributed by atoms with E-state index in [2.05, 4.69) is 12.3 Å². The SMILES string of the molecule is CC(CN)CSC(C(=O)NN)c1ccccc1. The van der Waals surface area contributed by atoms with E-state index < -0.39 is 0 Å². The van der Waals surface area contributed by atoms with Crippen LogP contribution in [0.15, 0.2) is 30.3 Å². The monoisotopic (exact) mass is 253 g/mol. The van der Waals surface area contributed by atoms with Crippen molar-refractivity contribution in [1.29, 1.82) is 0 Å². The Morgan fingerprint density at radius 3 is 2.59 bits per heavy atom. The van der Waals surface area contributed by atoms with E-state index in [0.29, 0.717) is 12.5 Å². The maximum absolute atomic E-state index is 11.7. The van der Waals surface area contributed by atoms with Crippen molar-refractivity contribution in [2.24, 2.45) is 17.5 Å². The average Bonchev–Trinajstić information content (AvgIpc) is 2.39. The number of carbonyl (C=O) groups excluding carboxylic acids is 1. The standard InChI is InChI=1S/C12H19N3OS/c1-9(7-13)8-17-11(12(16)15-14)10-5-3-2-4-6-10/h2-6,9,11H,7-8,13-14H2,1H3,(H,15,16). The normalized spacial score (nSPS) is 14.1. The second-order valence-electron chi connectivity index (χ2n) is 3.97. The fourth-order valence-electron chi connectivity index (χ4n) is 1.36. The zero-order valence-electron chi connectivity index (χ0n) is 9.93. The molecule has 0 aliphatic carbocycles. The van der Waals surface area contributed by atoms with Crippen molar-refractivity contribution < 1.29 is 4.79 Å². The number of hydrogen-bond donors (Lipinski definition) is 3. The van der Waals surface area contributed by atoms with Crippen molar-refractivity contribution >= 4 is 17.7 Å². The molecule has 0 aliphatic rings. The molecule has 94 valence electrons. The maximum atomic E-state index is 11.7. The molecule has 1 aromatic carbocycles. The molecule has 1 aromatic rings. The number of carbonyl (C=O) groups is 1. The summed E-state index contributed by atoms with van der Waals surface area (Å²) in [6.45, 7) is 2.69. The second kappa shape index (κ2) is 7.32. The number of thioether (sulfide) groups is 1. The van der Waals surface area contributed by atoms with Crippen LogP contribution in [0.2, 0.25) is 0 Å². The molecule has 2 unspecified atom stereocenters. The first kappa shape index (κ1) is 14.0. The van der Waals surface area contributed by atoms with Crippen LogP contribution in [-0.4, -0.2) is 18.2 Å². The van der Waals surface area contributed by atoms with Gasteiger partial charge in [-0.1, -0.05) is 37.3 Å². The minimum Gasteiger partial charge on any atom is -0.330 e. The summed E-state index contributed by atoms with van der Waals surface area (Å²) in [7, 11) is 0. The third-order valence-corrected chi connectivity index (χ3v) is 4.01. The molecule has 0 fully saturated rings. The van der Waals surface area contributed by atoms with Crippen molar-refractivity contribution in [3.63, 3.8) is 0 Å². The topological polar surface area (TPSA) is 81.1 Å². The minimum atomic E-state index is -0.268. The molecule has 0 spiro atoms. The van der Waals surface area contributed by atoms with E-state index >= 15 is 0 Å². The summed E-state index contributed by atoms with van der Waals surface area (Å²) >= 11 is 1.57. The first-order valence-electron chi connectivity index (χ1n) is 5.56. The predicted octanol–water partition coefficient (Wildman–Crippen LogP) is 1.05. The van der Waals surface area contributed by atoms with Gasteiger partial charge in [0.1, 0.15) is 5.25 Å².